The molecule has 120 valence electrons. The Morgan fingerprint density at radius 2 is 1.40 bits per heavy atom. The van der Waals surface area contributed by atoms with Gasteiger partial charge in [-0.1, -0.05) is 94.8 Å². The van der Waals surface area contributed by atoms with E-state index in [9.17, 15) is 4.79 Å². The number of benzene rings is 4. The van der Waals surface area contributed by atoms with Gasteiger partial charge < -0.3 is 0 Å². The van der Waals surface area contributed by atoms with Crippen LogP contribution in [0.15, 0.2) is 95.5 Å². The quantitative estimate of drug-likeness (QED) is 0.367. The van der Waals surface area contributed by atoms with Crippen molar-refractivity contribution in [1.82, 2.24) is 0 Å². The lowest BCUT2D eigenvalue weighted by Gasteiger charge is -2.08. The van der Waals surface area contributed by atoms with Gasteiger partial charge in [-0.05, 0) is 34.0 Å². The molecule has 25 heavy (non-hydrogen) atoms. The second kappa shape index (κ2) is 6.66. The molecule has 0 spiro atoms. The summed E-state index contributed by atoms with van der Waals surface area (Å²) in [6, 6.07) is 30.0. The van der Waals surface area contributed by atoms with Crippen LogP contribution in [0.25, 0.3) is 21.9 Å². The molecule has 0 aliphatic carbocycles. The Morgan fingerprint density at radius 1 is 0.680 bits per heavy atom. The fraction of sp³-hybridized carbons (Fsp3) is 0. The summed E-state index contributed by atoms with van der Waals surface area (Å²) < 4.78 is 0.908. The Morgan fingerprint density at radius 3 is 2.20 bits per heavy atom. The molecule has 0 bridgehead atoms. The predicted molar refractivity (Wildman–Crippen MR) is 107 cm³/mol. The summed E-state index contributed by atoms with van der Waals surface area (Å²) in [4.78, 5) is 12.6. The van der Waals surface area contributed by atoms with Gasteiger partial charge in [0.25, 0.3) is 0 Å². The number of hydrogen-bond acceptors (Lipinski definition) is 1. The van der Waals surface area contributed by atoms with Crippen LogP contribution >= 0.6 is 15.9 Å². The Kier molecular flexibility index (Phi) is 4.21. The highest BCUT2D eigenvalue weighted by Crippen LogP contribution is 2.29. The first-order valence-electron chi connectivity index (χ1n) is 8.11. The number of halogens is 1. The first-order valence-corrected chi connectivity index (χ1v) is 8.90. The van der Waals surface area contributed by atoms with Gasteiger partial charge in [-0.2, -0.15) is 0 Å². The number of fused-ring (bicyclic) bond motifs is 1. The molecular formula is C23H15BrO. The second-order valence-electron chi connectivity index (χ2n) is 5.94. The summed E-state index contributed by atoms with van der Waals surface area (Å²) in [6.45, 7) is 0. The Balaban J connectivity index is 1.71. The summed E-state index contributed by atoms with van der Waals surface area (Å²) in [7, 11) is 0. The van der Waals surface area contributed by atoms with E-state index in [1.807, 2.05) is 54.6 Å². The number of ketones is 1. The van der Waals surface area contributed by atoms with Crippen molar-refractivity contribution in [2.24, 2.45) is 0 Å². The maximum absolute atomic E-state index is 12.6. The molecule has 0 unspecified atom stereocenters. The molecule has 0 radical (unpaired) electrons. The smallest absolute Gasteiger partial charge is 0.193 e. The summed E-state index contributed by atoms with van der Waals surface area (Å²) >= 11 is 3.42. The normalized spacial score (nSPS) is 10.8. The molecule has 4 rings (SSSR count). The van der Waals surface area contributed by atoms with Crippen molar-refractivity contribution in [2.45, 2.75) is 0 Å². The molecule has 0 aromatic heterocycles. The van der Waals surface area contributed by atoms with Crippen molar-refractivity contribution >= 4 is 32.5 Å². The first kappa shape index (κ1) is 15.8. The molecule has 0 fully saturated rings. The zero-order valence-corrected chi connectivity index (χ0v) is 15.0. The van der Waals surface area contributed by atoms with Crippen molar-refractivity contribution in [3.05, 3.63) is 107 Å². The fourth-order valence-corrected chi connectivity index (χ4v) is 3.47. The first-order chi connectivity index (χ1) is 12.2. The predicted octanol–water partition coefficient (Wildman–Crippen LogP) is 6.50. The van der Waals surface area contributed by atoms with Gasteiger partial charge in [-0.3, -0.25) is 4.79 Å². The van der Waals surface area contributed by atoms with Gasteiger partial charge >= 0.3 is 0 Å². The molecule has 0 saturated carbocycles. The minimum atomic E-state index is 0.0331. The molecule has 4 aromatic rings. The summed E-state index contributed by atoms with van der Waals surface area (Å²) in [5.74, 6) is 0.0331. The van der Waals surface area contributed by atoms with Gasteiger partial charge in [0.05, 0.1) is 0 Å². The highest BCUT2D eigenvalue weighted by atomic mass is 79.9. The Bertz CT molecular complexity index is 1060. The third-order valence-corrected chi connectivity index (χ3v) is 4.83. The van der Waals surface area contributed by atoms with Crippen molar-refractivity contribution in [3.63, 3.8) is 0 Å². The van der Waals surface area contributed by atoms with E-state index in [1.54, 1.807) is 0 Å². The van der Waals surface area contributed by atoms with Crippen LogP contribution in [0.1, 0.15) is 15.9 Å². The van der Waals surface area contributed by atoms with E-state index >= 15 is 0 Å². The lowest BCUT2D eigenvalue weighted by molar-refractivity contribution is 0.103. The average Bonchev–Trinajstić information content (AvgIpc) is 2.67. The van der Waals surface area contributed by atoms with E-state index in [2.05, 4.69) is 52.3 Å². The zero-order chi connectivity index (χ0) is 17.2. The molecule has 0 atom stereocenters. The van der Waals surface area contributed by atoms with Gasteiger partial charge in [0, 0.05) is 15.6 Å². The molecule has 2 heteroatoms. The van der Waals surface area contributed by atoms with Gasteiger partial charge in [-0.15, -0.1) is 0 Å². The number of carbonyl (C=O) groups is 1. The Labute approximate surface area is 155 Å². The van der Waals surface area contributed by atoms with Gasteiger partial charge in [0.1, 0.15) is 0 Å². The number of rotatable bonds is 3. The lowest BCUT2D eigenvalue weighted by atomic mass is 9.96. The van der Waals surface area contributed by atoms with E-state index < -0.39 is 0 Å². The molecule has 0 heterocycles. The highest BCUT2D eigenvalue weighted by molar-refractivity contribution is 9.10. The number of hydrogen-bond donors (Lipinski definition) is 0. The molecule has 1 nitrogen and oxygen atoms in total. The van der Waals surface area contributed by atoms with Crippen molar-refractivity contribution in [2.75, 3.05) is 0 Å². The molecule has 0 N–H and O–H groups in total. The van der Waals surface area contributed by atoms with Crippen LogP contribution in [0.4, 0.5) is 0 Å². The van der Waals surface area contributed by atoms with E-state index in [0.29, 0.717) is 11.1 Å². The van der Waals surface area contributed by atoms with Crippen molar-refractivity contribution in [3.8, 4) is 11.1 Å². The molecule has 4 aromatic carbocycles. The molecular weight excluding hydrogens is 372 g/mol. The second-order valence-corrected chi connectivity index (χ2v) is 6.86. The summed E-state index contributed by atoms with van der Waals surface area (Å²) in [5, 5.41) is 2.44. The summed E-state index contributed by atoms with van der Waals surface area (Å²) in [5.41, 5.74) is 3.68. The van der Waals surface area contributed by atoms with E-state index in [0.717, 1.165) is 10.0 Å². The van der Waals surface area contributed by atoms with Crippen molar-refractivity contribution < 1.29 is 4.79 Å². The topological polar surface area (TPSA) is 17.1 Å². The van der Waals surface area contributed by atoms with Gasteiger partial charge in [0.15, 0.2) is 5.78 Å². The fourth-order valence-electron chi connectivity index (χ4n) is 3.07. The Hall–Kier alpha value is -2.71. The zero-order valence-electron chi connectivity index (χ0n) is 13.4. The number of carbonyl (C=O) groups excluding carboxylic acids is 1. The summed E-state index contributed by atoms with van der Waals surface area (Å²) in [6.07, 6.45) is 0. The van der Waals surface area contributed by atoms with E-state index in [-0.39, 0.29) is 5.78 Å². The average molecular weight is 387 g/mol. The van der Waals surface area contributed by atoms with Crippen molar-refractivity contribution in [1.29, 1.82) is 0 Å². The van der Waals surface area contributed by atoms with Gasteiger partial charge in [-0.25, -0.2) is 0 Å². The van der Waals surface area contributed by atoms with E-state index in [1.165, 1.54) is 16.3 Å². The van der Waals surface area contributed by atoms with Crippen LogP contribution in [0.3, 0.4) is 0 Å². The van der Waals surface area contributed by atoms with Crippen LogP contribution in [-0.4, -0.2) is 5.78 Å². The van der Waals surface area contributed by atoms with E-state index in [4.69, 9.17) is 0 Å². The lowest BCUT2D eigenvalue weighted by Crippen LogP contribution is -2.00. The SMILES string of the molecule is O=C(c1ccc(-c2cccc3ccccc23)cc1)c1cccc(Br)c1. The standard InChI is InChI=1S/C23H15BrO/c24-20-8-3-7-19(15-20)23(25)18-13-11-17(12-14-18)22-10-4-6-16-5-1-2-9-21(16)22/h1-15H. The molecule has 0 aliphatic rings. The largest absolute Gasteiger partial charge is 0.289 e. The van der Waals surface area contributed by atoms with Crippen LogP contribution in [0.5, 0.6) is 0 Å². The monoisotopic (exact) mass is 386 g/mol. The minimum absolute atomic E-state index is 0.0331. The van der Waals surface area contributed by atoms with Crippen LogP contribution < -0.4 is 0 Å². The minimum Gasteiger partial charge on any atom is -0.289 e. The third-order valence-electron chi connectivity index (χ3n) is 4.33. The third kappa shape index (κ3) is 3.13. The maximum Gasteiger partial charge on any atom is 0.193 e. The van der Waals surface area contributed by atoms with Crippen LogP contribution in [0.2, 0.25) is 0 Å². The van der Waals surface area contributed by atoms with Crippen LogP contribution in [-0.2, 0) is 0 Å². The van der Waals surface area contributed by atoms with Crippen LogP contribution in [0, 0.1) is 0 Å². The highest BCUT2D eigenvalue weighted by Gasteiger charge is 2.10. The maximum atomic E-state index is 12.6. The van der Waals surface area contributed by atoms with Gasteiger partial charge in [0.2, 0.25) is 0 Å². The molecule has 0 saturated heterocycles. The molecule has 0 amide bonds. The molecule has 0 aliphatic heterocycles.